The van der Waals surface area contributed by atoms with Gasteiger partial charge in [-0.15, -0.1) is 0 Å². The summed E-state index contributed by atoms with van der Waals surface area (Å²) in [4.78, 5) is 57.4. The molecule has 0 aromatic heterocycles. The average Bonchev–Trinajstić information content (AvgIpc) is 2.87. The van der Waals surface area contributed by atoms with Gasteiger partial charge in [-0.2, -0.15) is 0 Å². The molecular formula is C30H53NO8. The molecule has 0 aromatic rings. The summed E-state index contributed by atoms with van der Waals surface area (Å²) in [5, 5.41) is 12.1. The third-order valence-electron chi connectivity index (χ3n) is 6.52. The molecule has 0 heterocycles. The first-order valence-corrected chi connectivity index (χ1v) is 14.9. The zero-order valence-corrected chi connectivity index (χ0v) is 24.4. The van der Waals surface area contributed by atoms with Crippen LogP contribution >= 0.6 is 0 Å². The summed E-state index contributed by atoms with van der Waals surface area (Å²) >= 11 is 0. The maximum atomic E-state index is 12.3. The number of hydrogen-bond acceptors (Lipinski definition) is 7. The van der Waals surface area contributed by atoms with Gasteiger partial charge in [-0.05, 0) is 33.1 Å². The molecule has 0 saturated carbocycles. The van der Waals surface area contributed by atoms with E-state index in [9.17, 15) is 29.1 Å². The second kappa shape index (κ2) is 26.1. The Morgan fingerprint density at radius 2 is 1.15 bits per heavy atom. The molecule has 39 heavy (non-hydrogen) atoms. The van der Waals surface area contributed by atoms with Gasteiger partial charge >= 0.3 is 5.97 Å². The molecule has 0 saturated heterocycles. The van der Waals surface area contributed by atoms with E-state index in [1.54, 1.807) is 6.92 Å². The van der Waals surface area contributed by atoms with Gasteiger partial charge in [0.25, 0.3) is 0 Å². The maximum absolute atomic E-state index is 12.3. The van der Waals surface area contributed by atoms with Crippen LogP contribution in [0.3, 0.4) is 0 Å². The standard InChI is InChI=1S/C30H53NO8/c1-25(32)15-13-11-9-7-5-3-4-6-8-10-12-14-16-28(34)23-27(30(36)37)17-18-29(35)31-19-20-38-21-22-39-24-26(2)33/h27H,3-24H2,1-2H3,(H,31,35)(H,36,37)/t27-/m1/s1. The number of carboxylic acid groups (broad SMARTS) is 1. The normalized spacial score (nSPS) is 11.7. The van der Waals surface area contributed by atoms with E-state index in [0.29, 0.717) is 39.2 Å². The van der Waals surface area contributed by atoms with Crippen LogP contribution in [0.1, 0.15) is 123 Å². The molecule has 0 spiro atoms. The molecule has 0 radical (unpaired) electrons. The zero-order valence-electron chi connectivity index (χ0n) is 24.4. The van der Waals surface area contributed by atoms with Gasteiger partial charge in [0.15, 0.2) is 5.78 Å². The van der Waals surface area contributed by atoms with Crippen molar-refractivity contribution in [2.24, 2.45) is 5.92 Å². The number of ketones is 3. The first-order chi connectivity index (χ1) is 18.7. The smallest absolute Gasteiger partial charge is 0.306 e. The highest BCUT2D eigenvalue weighted by molar-refractivity contribution is 5.84. The van der Waals surface area contributed by atoms with Gasteiger partial charge in [-0.25, -0.2) is 0 Å². The molecule has 0 aromatic carbocycles. The van der Waals surface area contributed by atoms with Gasteiger partial charge in [0.2, 0.25) is 5.91 Å². The number of carbonyl (C=O) groups excluding carboxylic acids is 4. The molecule has 9 nitrogen and oxygen atoms in total. The fourth-order valence-corrected chi connectivity index (χ4v) is 4.25. The van der Waals surface area contributed by atoms with Crippen molar-refractivity contribution in [3.05, 3.63) is 0 Å². The number of unbranched alkanes of at least 4 members (excludes halogenated alkanes) is 11. The molecule has 0 bridgehead atoms. The first-order valence-electron chi connectivity index (χ1n) is 14.9. The summed E-state index contributed by atoms with van der Waals surface area (Å²) in [5.74, 6) is -1.97. The number of aliphatic carboxylic acids is 1. The van der Waals surface area contributed by atoms with Crippen LogP contribution in [-0.4, -0.2) is 67.3 Å². The summed E-state index contributed by atoms with van der Waals surface area (Å²) in [6.07, 6.45) is 14.9. The van der Waals surface area contributed by atoms with Crippen molar-refractivity contribution in [1.29, 1.82) is 0 Å². The number of amides is 1. The molecule has 0 aliphatic heterocycles. The van der Waals surface area contributed by atoms with Gasteiger partial charge in [-0.1, -0.05) is 64.2 Å². The molecule has 1 amide bonds. The van der Waals surface area contributed by atoms with E-state index in [1.807, 2.05) is 0 Å². The lowest BCUT2D eigenvalue weighted by molar-refractivity contribution is -0.144. The molecule has 0 aliphatic carbocycles. The number of nitrogens with one attached hydrogen (secondary N) is 1. The summed E-state index contributed by atoms with van der Waals surface area (Å²) in [7, 11) is 0. The van der Waals surface area contributed by atoms with Gasteiger partial charge < -0.3 is 24.7 Å². The van der Waals surface area contributed by atoms with Crippen molar-refractivity contribution in [3.8, 4) is 0 Å². The van der Waals surface area contributed by atoms with Crippen molar-refractivity contribution in [2.45, 2.75) is 123 Å². The van der Waals surface area contributed by atoms with Crippen molar-refractivity contribution in [3.63, 3.8) is 0 Å². The Bertz CT molecular complexity index is 694. The number of hydrogen-bond donors (Lipinski definition) is 2. The predicted molar refractivity (Wildman–Crippen MR) is 151 cm³/mol. The van der Waals surface area contributed by atoms with Crippen LogP contribution in [0.5, 0.6) is 0 Å². The summed E-state index contributed by atoms with van der Waals surface area (Å²) < 4.78 is 10.4. The Morgan fingerprint density at radius 1 is 0.641 bits per heavy atom. The Hall–Kier alpha value is -2.13. The van der Waals surface area contributed by atoms with Gasteiger partial charge in [0, 0.05) is 32.2 Å². The second-order valence-electron chi connectivity index (χ2n) is 10.5. The third-order valence-corrected chi connectivity index (χ3v) is 6.52. The van der Waals surface area contributed by atoms with Crippen LogP contribution < -0.4 is 5.32 Å². The Labute approximate surface area is 235 Å². The topological polar surface area (TPSA) is 136 Å². The van der Waals surface area contributed by atoms with Gasteiger partial charge in [0.05, 0.1) is 25.7 Å². The molecule has 226 valence electrons. The molecule has 2 N–H and O–H groups in total. The largest absolute Gasteiger partial charge is 0.481 e. The molecule has 9 heteroatoms. The van der Waals surface area contributed by atoms with E-state index in [2.05, 4.69) is 5.32 Å². The molecule has 0 fully saturated rings. The Balaban J connectivity index is 3.70. The minimum atomic E-state index is -1.04. The van der Waals surface area contributed by atoms with Crippen LogP contribution in [0.15, 0.2) is 0 Å². The van der Waals surface area contributed by atoms with Crippen molar-refractivity contribution in [2.75, 3.05) is 33.0 Å². The monoisotopic (exact) mass is 555 g/mol. The fraction of sp³-hybridized carbons (Fsp3) is 0.833. The quantitative estimate of drug-likeness (QED) is 0.120. The lowest BCUT2D eigenvalue weighted by Gasteiger charge is -2.12. The van der Waals surface area contributed by atoms with Crippen LogP contribution in [0.2, 0.25) is 0 Å². The molecule has 0 rings (SSSR count). The van der Waals surface area contributed by atoms with E-state index < -0.39 is 11.9 Å². The minimum absolute atomic E-state index is 0.0270. The summed E-state index contributed by atoms with van der Waals surface area (Å²) in [6, 6.07) is 0. The molecule has 0 aliphatic rings. The Morgan fingerprint density at radius 3 is 1.67 bits per heavy atom. The third kappa shape index (κ3) is 27.2. The van der Waals surface area contributed by atoms with E-state index in [1.165, 1.54) is 51.9 Å². The van der Waals surface area contributed by atoms with Crippen molar-refractivity contribution >= 4 is 29.2 Å². The van der Waals surface area contributed by atoms with Crippen LogP contribution in [0.25, 0.3) is 0 Å². The summed E-state index contributed by atoms with van der Waals surface area (Å²) in [5.41, 5.74) is 0. The molecule has 1 atom stereocenters. The van der Waals surface area contributed by atoms with E-state index in [4.69, 9.17) is 9.47 Å². The molecular weight excluding hydrogens is 502 g/mol. The highest BCUT2D eigenvalue weighted by atomic mass is 16.5. The highest BCUT2D eigenvalue weighted by Crippen LogP contribution is 2.16. The average molecular weight is 556 g/mol. The van der Waals surface area contributed by atoms with Crippen LogP contribution in [0, 0.1) is 5.92 Å². The maximum Gasteiger partial charge on any atom is 0.306 e. The van der Waals surface area contributed by atoms with E-state index in [0.717, 1.165) is 32.1 Å². The predicted octanol–water partition coefficient (Wildman–Crippen LogP) is 5.22. The zero-order chi connectivity index (χ0) is 29.1. The van der Waals surface area contributed by atoms with Crippen LogP contribution in [0.4, 0.5) is 0 Å². The summed E-state index contributed by atoms with van der Waals surface area (Å²) in [6.45, 7) is 4.36. The Kier molecular flexibility index (Phi) is 24.7. The second-order valence-corrected chi connectivity index (χ2v) is 10.5. The number of Topliss-reactive ketones (excluding diaryl/α,β-unsaturated/α-hetero) is 3. The van der Waals surface area contributed by atoms with E-state index >= 15 is 0 Å². The van der Waals surface area contributed by atoms with Crippen LogP contribution in [-0.2, 0) is 33.4 Å². The first kappa shape index (κ1) is 36.9. The SMILES string of the molecule is CC(=O)CCCCCCCCCCCCCCC(=O)C[C@@H](CCC(=O)NCCOCCOCC(C)=O)C(=O)O. The highest BCUT2D eigenvalue weighted by Gasteiger charge is 2.22. The van der Waals surface area contributed by atoms with Crippen molar-refractivity contribution < 1.29 is 38.6 Å². The number of carboxylic acids is 1. The number of carbonyl (C=O) groups is 5. The van der Waals surface area contributed by atoms with E-state index in [-0.39, 0.29) is 49.1 Å². The lowest BCUT2D eigenvalue weighted by atomic mass is 9.94. The fourth-order valence-electron chi connectivity index (χ4n) is 4.25. The molecule has 0 unspecified atom stereocenters. The number of ether oxygens (including phenoxy) is 2. The minimum Gasteiger partial charge on any atom is -0.481 e. The van der Waals surface area contributed by atoms with Crippen molar-refractivity contribution in [1.82, 2.24) is 5.32 Å². The lowest BCUT2D eigenvalue weighted by Crippen LogP contribution is -2.29. The number of rotatable bonds is 29. The van der Waals surface area contributed by atoms with Gasteiger partial charge in [-0.3, -0.25) is 19.2 Å². The van der Waals surface area contributed by atoms with Gasteiger partial charge in [0.1, 0.15) is 18.2 Å².